The van der Waals surface area contributed by atoms with Crippen molar-refractivity contribution in [2.75, 3.05) is 0 Å². The number of aldehydes is 1. The van der Waals surface area contributed by atoms with Gasteiger partial charge in [0.15, 0.2) is 6.29 Å². The van der Waals surface area contributed by atoms with Crippen LogP contribution in [0.4, 0.5) is 0 Å². The molecule has 0 spiro atoms. The summed E-state index contributed by atoms with van der Waals surface area (Å²) >= 11 is 9.37. The van der Waals surface area contributed by atoms with Crippen LogP contribution in [0.5, 0.6) is 11.5 Å². The van der Waals surface area contributed by atoms with Crippen molar-refractivity contribution in [3.63, 3.8) is 0 Å². The van der Waals surface area contributed by atoms with Crippen LogP contribution < -0.4 is 4.74 Å². The van der Waals surface area contributed by atoms with Gasteiger partial charge < -0.3 is 4.74 Å². The maximum absolute atomic E-state index is 10.7. The molecule has 0 saturated heterocycles. The number of benzene rings is 2. The Morgan fingerprint density at radius 1 is 1.22 bits per heavy atom. The zero-order valence-electron chi connectivity index (χ0n) is 9.61. The minimum absolute atomic E-state index is 0.380. The number of aryl methyl sites for hydroxylation is 1. The Morgan fingerprint density at radius 2 is 2.00 bits per heavy atom. The molecule has 0 aliphatic heterocycles. The minimum atomic E-state index is 0.380. The van der Waals surface area contributed by atoms with Crippen LogP contribution in [0.1, 0.15) is 15.9 Å². The smallest absolute Gasteiger partial charge is 0.151 e. The molecule has 0 radical (unpaired) electrons. The van der Waals surface area contributed by atoms with Crippen LogP contribution >= 0.6 is 27.5 Å². The molecular formula is C14H10BrClO2. The third kappa shape index (κ3) is 2.92. The Balaban J connectivity index is 2.28. The van der Waals surface area contributed by atoms with E-state index in [9.17, 15) is 4.79 Å². The summed E-state index contributed by atoms with van der Waals surface area (Å²) in [7, 11) is 0. The summed E-state index contributed by atoms with van der Waals surface area (Å²) in [5, 5.41) is 0.380. The van der Waals surface area contributed by atoms with E-state index in [1.54, 1.807) is 18.2 Å². The van der Waals surface area contributed by atoms with Gasteiger partial charge in [0.2, 0.25) is 0 Å². The maximum atomic E-state index is 10.7. The number of rotatable bonds is 3. The zero-order valence-corrected chi connectivity index (χ0v) is 12.0. The number of ether oxygens (including phenoxy) is 1. The molecule has 0 aliphatic carbocycles. The predicted molar refractivity (Wildman–Crippen MR) is 75.8 cm³/mol. The molecule has 2 rings (SSSR count). The molecule has 0 aromatic heterocycles. The van der Waals surface area contributed by atoms with Gasteiger partial charge in [0, 0.05) is 11.6 Å². The lowest BCUT2D eigenvalue weighted by Gasteiger charge is -2.09. The van der Waals surface area contributed by atoms with Gasteiger partial charge in [0.1, 0.15) is 11.5 Å². The van der Waals surface area contributed by atoms with Crippen LogP contribution in [-0.4, -0.2) is 6.29 Å². The molecule has 0 amide bonds. The first-order valence-corrected chi connectivity index (χ1v) is 6.46. The number of hydrogen-bond acceptors (Lipinski definition) is 2. The molecule has 0 saturated carbocycles. The monoisotopic (exact) mass is 324 g/mol. The normalized spacial score (nSPS) is 10.2. The molecule has 18 heavy (non-hydrogen) atoms. The van der Waals surface area contributed by atoms with Gasteiger partial charge in [-0.1, -0.05) is 17.7 Å². The molecule has 2 aromatic rings. The number of carbonyl (C=O) groups excluding carboxylic acids is 1. The number of halogens is 2. The van der Waals surface area contributed by atoms with Crippen molar-refractivity contribution in [1.29, 1.82) is 0 Å². The largest absolute Gasteiger partial charge is 0.456 e. The van der Waals surface area contributed by atoms with Gasteiger partial charge in [-0.3, -0.25) is 4.79 Å². The predicted octanol–water partition coefficient (Wildman–Crippen LogP) is 5.02. The highest BCUT2D eigenvalue weighted by atomic mass is 79.9. The SMILES string of the molecule is Cc1ccc(Oc2ccc(C=O)c(Cl)c2)c(Br)c1. The molecule has 2 aromatic carbocycles. The van der Waals surface area contributed by atoms with Crippen molar-refractivity contribution in [1.82, 2.24) is 0 Å². The van der Waals surface area contributed by atoms with Crippen LogP contribution in [0, 0.1) is 6.92 Å². The van der Waals surface area contributed by atoms with Crippen LogP contribution in [-0.2, 0) is 0 Å². The third-order valence-electron chi connectivity index (χ3n) is 2.41. The van der Waals surface area contributed by atoms with Gasteiger partial charge in [-0.25, -0.2) is 0 Å². The molecule has 0 N–H and O–H groups in total. The fourth-order valence-electron chi connectivity index (χ4n) is 1.48. The van der Waals surface area contributed by atoms with Crippen LogP contribution in [0.2, 0.25) is 5.02 Å². The topological polar surface area (TPSA) is 26.3 Å². The van der Waals surface area contributed by atoms with Crippen molar-refractivity contribution in [3.8, 4) is 11.5 Å². The summed E-state index contributed by atoms with van der Waals surface area (Å²) in [6.07, 6.45) is 0.716. The van der Waals surface area contributed by atoms with E-state index in [-0.39, 0.29) is 0 Å². The summed E-state index contributed by atoms with van der Waals surface area (Å²) in [5.41, 5.74) is 1.59. The van der Waals surface area contributed by atoms with E-state index in [0.717, 1.165) is 10.0 Å². The molecule has 4 heteroatoms. The molecule has 2 nitrogen and oxygen atoms in total. The summed E-state index contributed by atoms with van der Waals surface area (Å²) in [6.45, 7) is 2.00. The van der Waals surface area contributed by atoms with E-state index in [1.807, 2.05) is 25.1 Å². The highest BCUT2D eigenvalue weighted by molar-refractivity contribution is 9.10. The first-order chi connectivity index (χ1) is 8.60. The van der Waals surface area contributed by atoms with Crippen molar-refractivity contribution in [3.05, 3.63) is 57.0 Å². The van der Waals surface area contributed by atoms with Crippen molar-refractivity contribution in [2.45, 2.75) is 6.92 Å². The quantitative estimate of drug-likeness (QED) is 0.741. The number of hydrogen-bond donors (Lipinski definition) is 0. The van der Waals surface area contributed by atoms with Gasteiger partial charge in [-0.2, -0.15) is 0 Å². The lowest BCUT2D eigenvalue weighted by molar-refractivity contribution is 0.112. The van der Waals surface area contributed by atoms with E-state index in [4.69, 9.17) is 16.3 Å². The van der Waals surface area contributed by atoms with E-state index < -0.39 is 0 Å². The molecule has 0 atom stereocenters. The van der Waals surface area contributed by atoms with E-state index in [2.05, 4.69) is 15.9 Å². The molecular weight excluding hydrogens is 316 g/mol. The van der Waals surface area contributed by atoms with Crippen molar-refractivity contribution in [2.24, 2.45) is 0 Å². The van der Waals surface area contributed by atoms with Crippen molar-refractivity contribution >= 4 is 33.8 Å². The standard InChI is InChI=1S/C14H10BrClO2/c1-9-2-5-14(12(15)6-9)18-11-4-3-10(8-17)13(16)7-11/h2-8H,1H3. The average Bonchev–Trinajstić information content (AvgIpc) is 2.33. The van der Waals surface area contributed by atoms with Crippen LogP contribution in [0.25, 0.3) is 0 Å². The zero-order chi connectivity index (χ0) is 13.1. The van der Waals surface area contributed by atoms with Gasteiger partial charge in [-0.15, -0.1) is 0 Å². The summed E-state index contributed by atoms with van der Waals surface area (Å²) in [5.74, 6) is 1.30. The second kappa shape index (κ2) is 5.55. The summed E-state index contributed by atoms with van der Waals surface area (Å²) in [6, 6.07) is 10.8. The Labute approximate surface area is 119 Å². The van der Waals surface area contributed by atoms with E-state index in [0.29, 0.717) is 28.4 Å². The summed E-state index contributed by atoms with van der Waals surface area (Å²) < 4.78 is 6.57. The lowest BCUT2D eigenvalue weighted by atomic mass is 10.2. The summed E-state index contributed by atoms with van der Waals surface area (Å²) in [4.78, 5) is 10.7. The molecule has 0 fully saturated rings. The Bertz CT molecular complexity index is 596. The molecule has 0 unspecified atom stereocenters. The van der Waals surface area contributed by atoms with Crippen molar-refractivity contribution < 1.29 is 9.53 Å². The third-order valence-corrected chi connectivity index (χ3v) is 3.36. The lowest BCUT2D eigenvalue weighted by Crippen LogP contribution is -1.88. The molecule has 92 valence electrons. The van der Waals surface area contributed by atoms with Gasteiger partial charge in [0.05, 0.1) is 9.50 Å². The average molecular weight is 326 g/mol. The van der Waals surface area contributed by atoms with Crippen LogP contribution in [0.15, 0.2) is 40.9 Å². The Hall–Kier alpha value is -1.32. The van der Waals surface area contributed by atoms with Crippen LogP contribution in [0.3, 0.4) is 0 Å². The fourth-order valence-corrected chi connectivity index (χ4v) is 2.27. The van der Waals surface area contributed by atoms with Gasteiger partial charge in [0.25, 0.3) is 0 Å². The second-order valence-corrected chi connectivity index (χ2v) is 5.10. The first-order valence-electron chi connectivity index (χ1n) is 5.29. The Kier molecular flexibility index (Phi) is 4.04. The Morgan fingerprint density at radius 3 is 2.61 bits per heavy atom. The minimum Gasteiger partial charge on any atom is -0.456 e. The molecule has 0 bridgehead atoms. The molecule has 0 heterocycles. The highest BCUT2D eigenvalue weighted by Crippen LogP contribution is 2.32. The fraction of sp³-hybridized carbons (Fsp3) is 0.0714. The van der Waals surface area contributed by atoms with Gasteiger partial charge in [-0.05, 0) is 52.7 Å². The number of carbonyl (C=O) groups is 1. The first kappa shape index (κ1) is 13.1. The highest BCUT2D eigenvalue weighted by Gasteiger charge is 2.05. The van der Waals surface area contributed by atoms with E-state index >= 15 is 0 Å². The molecule has 0 aliphatic rings. The van der Waals surface area contributed by atoms with E-state index in [1.165, 1.54) is 0 Å². The van der Waals surface area contributed by atoms with Gasteiger partial charge >= 0.3 is 0 Å². The maximum Gasteiger partial charge on any atom is 0.151 e. The second-order valence-electron chi connectivity index (χ2n) is 3.84.